The van der Waals surface area contributed by atoms with E-state index in [1.807, 2.05) is 12.3 Å². The van der Waals surface area contributed by atoms with Crippen LogP contribution in [0.5, 0.6) is 0 Å². The second-order valence-corrected chi connectivity index (χ2v) is 6.36. The van der Waals surface area contributed by atoms with Gasteiger partial charge in [0.2, 0.25) is 0 Å². The van der Waals surface area contributed by atoms with E-state index in [9.17, 15) is 0 Å². The average Bonchev–Trinajstić information content (AvgIpc) is 2.47. The van der Waals surface area contributed by atoms with Crippen molar-refractivity contribution in [1.29, 1.82) is 0 Å². The van der Waals surface area contributed by atoms with Crippen LogP contribution in [0.15, 0.2) is 66.9 Å². The lowest BCUT2D eigenvalue weighted by Crippen LogP contribution is -2.12. The molecule has 1 atom stereocenters. The number of benzene rings is 2. The SMILES string of the molecule is CP(c1ccccc1)c1cccc2cccnc12. The molecule has 3 aromatic rings. The van der Waals surface area contributed by atoms with Gasteiger partial charge in [-0.25, -0.2) is 0 Å². The molecule has 1 unspecified atom stereocenters. The van der Waals surface area contributed by atoms with Crippen molar-refractivity contribution in [2.45, 2.75) is 0 Å². The van der Waals surface area contributed by atoms with E-state index >= 15 is 0 Å². The van der Waals surface area contributed by atoms with Crippen LogP contribution in [-0.4, -0.2) is 11.6 Å². The van der Waals surface area contributed by atoms with Crippen LogP contribution in [0.3, 0.4) is 0 Å². The maximum atomic E-state index is 4.54. The van der Waals surface area contributed by atoms with Gasteiger partial charge >= 0.3 is 0 Å². The Balaban J connectivity index is 2.15. The van der Waals surface area contributed by atoms with Gasteiger partial charge in [0.1, 0.15) is 0 Å². The number of nitrogens with zero attached hydrogens (tertiary/aromatic N) is 1. The normalized spacial score (nSPS) is 12.5. The Bertz CT molecular complexity index is 659. The third-order valence-electron chi connectivity index (χ3n) is 3.12. The minimum atomic E-state index is -0.333. The molecule has 1 nitrogen and oxygen atoms in total. The number of hydrogen-bond acceptors (Lipinski definition) is 1. The van der Waals surface area contributed by atoms with Crippen molar-refractivity contribution in [2.24, 2.45) is 0 Å². The first kappa shape index (κ1) is 11.4. The smallest absolute Gasteiger partial charge is 0.0781 e. The summed E-state index contributed by atoms with van der Waals surface area (Å²) >= 11 is 0. The van der Waals surface area contributed by atoms with E-state index in [0.717, 1.165) is 5.52 Å². The van der Waals surface area contributed by atoms with E-state index in [-0.39, 0.29) is 7.92 Å². The molecule has 0 N–H and O–H groups in total. The zero-order valence-electron chi connectivity index (χ0n) is 10.2. The third-order valence-corrected chi connectivity index (χ3v) is 5.27. The van der Waals surface area contributed by atoms with Gasteiger partial charge in [0.25, 0.3) is 0 Å². The van der Waals surface area contributed by atoms with Crippen molar-refractivity contribution in [1.82, 2.24) is 4.98 Å². The molecule has 0 aliphatic rings. The molecule has 0 aliphatic carbocycles. The van der Waals surface area contributed by atoms with Gasteiger partial charge in [0.15, 0.2) is 0 Å². The molecular formula is C16H14NP. The molecule has 0 radical (unpaired) electrons. The Morgan fingerprint density at radius 3 is 2.44 bits per heavy atom. The summed E-state index contributed by atoms with van der Waals surface area (Å²) in [7, 11) is -0.333. The van der Waals surface area contributed by atoms with Crippen LogP contribution in [0, 0.1) is 0 Å². The molecule has 3 rings (SSSR count). The second kappa shape index (κ2) is 4.88. The Hall–Kier alpha value is -1.72. The average molecular weight is 251 g/mol. The summed E-state index contributed by atoms with van der Waals surface area (Å²) < 4.78 is 0. The fraction of sp³-hybridized carbons (Fsp3) is 0.0625. The number of rotatable bonds is 2. The van der Waals surface area contributed by atoms with Gasteiger partial charge in [-0.05, 0) is 26.0 Å². The highest BCUT2D eigenvalue weighted by Gasteiger charge is 2.11. The first-order chi connectivity index (χ1) is 8.86. The van der Waals surface area contributed by atoms with Crippen LogP contribution >= 0.6 is 7.92 Å². The molecule has 0 amide bonds. The van der Waals surface area contributed by atoms with Gasteiger partial charge in [0, 0.05) is 16.9 Å². The Labute approximate surface area is 108 Å². The third kappa shape index (κ3) is 2.02. The summed E-state index contributed by atoms with van der Waals surface area (Å²) in [4.78, 5) is 4.54. The molecule has 88 valence electrons. The molecule has 0 aliphatic heterocycles. The molecule has 0 saturated heterocycles. The number of hydrogen-bond donors (Lipinski definition) is 0. The first-order valence-electron chi connectivity index (χ1n) is 5.99. The summed E-state index contributed by atoms with van der Waals surface area (Å²) in [6.45, 7) is 2.30. The fourth-order valence-electron chi connectivity index (χ4n) is 2.15. The van der Waals surface area contributed by atoms with Gasteiger partial charge in [0.05, 0.1) is 5.52 Å². The van der Waals surface area contributed by atoms with Crippen molar-refractivity contribution >= 4 is 29.4 Å². The maximum absolute atomic E-state index is 4.54. The van der Waals surface area contributed by atoms with Gasteiger partial charge < -0.3 is 0 Å². The van der Waals surface area contributed by atoms with Crippen LogP contribution in [-0.2, 0) is 0 Å². The molecule has 2 aromatic carbocycles. The zero-order valence-corrected chi connectivity index (χ0v) is 11.1. The largest absolute Gasteiger partial charge is 0.256 e. The van der Waals surface area contributed by atoms with E-state index in [4.69, 9.17) is 0 Å². The Kier molecular flexibility index (Phi) is 3.08. The molecule has 1 aromatic heterocycles. The van der Waals surface area contributed by atoms with Crippen LogP contribution in [0.25, 0.3) is 10.9 Å². The van der Waals surface area contributed by atoms with Crippen molar-refractivity contribution in [2.75, 3.05) is 6.66 Å². The van der Waals surface area contributed by atoms with Crippen LogP contribution in [0.4, 0.5) is 0 Å². The molecule has 18 heavy (non-hydrogen) atoms. The highest BCUT2D eigenvalue weighted by Crippen LogP contribution is 2.31. The van der Waals surface area contributed by atoms with E-state index in [1.54, 1.807) is 0 Å². The van der Waals surface area contributed by atoms with Crippen molar-refractivity contribution < 1.29 is 0 Å². The van der Waals surface area contributed by atoms with E-state index in [0.29, 0.717) is 0 Å². The number of aromatic nitrogens is 1. The standard InChI is InChI=1S/C16H14NP/c1-18(14-9-3-2-4-10-14)15-11-5-7-13-8-6-12-17-16(13)15/h2-12H,1H3. The summed E-state index contributed by atoms with van der Waals surface area (Å²) in [5.41, 5.74) is 1.14. The fourth-order valence-corrected chi connectivity index (χ4v) is 3.86. The first-order valence-corrected chi connectivity index (χ1v) is 7.78. The van der Waals surface area contributed by atoms with Gasteiger partial charge in [-0.1, -0.05) is 54.6 Å². The monoisotopic (exact) mass is 251 g/mol. The second-order valence-electron chi connectivity index (χ2n) is 4.25. The summed E-state index contributed by atoms with van der Waals surface area (Å²) in [6, 6.07) is 21.2. The predicted molar refractivity (Wildman–Crippen MR) is 80.3 cm³/mol. The topological polar surface area (TPSA) is 12.9 Å². The molecule has 1 heterocycles. The lowest BCUT2D eigenvalue weighted by atomic mass is 10.2. The van der Waals surface area contributed by atoms with Crippen LogP contribution in [0.1, 0.15) is 0 Å². The van der Waals surface area contributed by atoms with Gasteiger partial charge in [-0.2, -0.15) is 0 Å². The van der Waals surface area contributed by atoms with Crippen molar-refractivity contribution in [3.63, 3.8) is 0 Å². The lowest BCUT2D eigenvalue weighted by molar-refractivity contribution is 1.42. The van der Waals surface area contributed by atoms with E-state index < -0.39 is 0 Å². The minimum absolute atomic E-state index is 0.333. The van der Waals surface area contributed by atoms with Crippen molar-refractivity contribution in [3.8, 4) is 0 Å². The predicted octanol–water partition coefficient (Wildman–Crippen LogP) is 3.30. The highest BCUT2D eigenvalue weighted by atomic mass is 31.1. The van der Waals surface area contributed by atoms with Crippen LogP contribution < -0.4 is 10.6 Å². The summed E-state index contributed by atoms with van der Waals surface area (Å²) in [6.07, 6.45) is 1.88. The number of pyridine rings is 1. The molecule has 0 spiro atoms. The zero-order chi connectivity index (χ0) is 12.4. The molecule has 0 bridgehead atoms. The minimum Gasteiger partial charge on any atom is -0.256 e. The molecule has 2 heteroatoms. The molecule has 0 fully saturated rings. The highest BCUT2D eigenvalue weighted by molar-refractivity contribution is 7.72. The summed E-state index contributed by atoms with van der Waals surface area (Å²) in [5, 5.41) is 3.97. The van der Waals surface area contributed by atoms with Crippen molar-refractivity contribution in [3.05, 3.63) is 66.9 Å². The van der Waals surface area contributed by atoms with E-state index in [2.05, 4.69) is 66.2 Å². The Morgan fingerprint density at radius 2 is 1.61 bits per heavy atom. The van der Waals surface area contributed by atoms with Crippen LogP contribution in [0.2, 0.25) is 0 Å². The van der Waals surface area contributed by atoms with E-state index in [1.165, 1.54) is 16.0 Å². The lowest BCUT2D eigenvalue weighted by Gasteiger charge is -2.14. The maximum Gasteiger partial charge on any atom is 0.0781 e. The quantitative estimate of drug-likeness (QED) is 0.637. The number of fused-ring (bicyclic) bond motifs is 1. The van der Waals surface area contributed by atoms with Gasteiger partial charge in [-0.3, -0.25) is 4.98 Å². The number of para-hydroxylation sites is 1. The van der Waals surface area contributed by atoms with Gasteiger partial charge in [-0.15, -0.1) is 0 Å². The summed E-state index contributed by atoms with van der Waals surface area (Å²) in [5.74, 6) is 0. The molecule has 0 saturated carbocycles. The Morgan fingerprint density at radius 1 is 0.833 bits per heavy atom. The molecular weight excluding hydrogens is 237 g/mol.